The van der Waals surface area contributed by atoms with E-state index < -0.39 is 5.95 Å². The molecular formula is C27H21BrFN5O. The maximum Gasteiger partial charge on any atom is 0.231 e. The number of hydrogen-bond donors (Lipinski definition) is 0. The Labute approximate surface area is 210 Å². The molecule has 0 amide bonds. The van der Waals surface area contributed by atoms with Gasteiger partial charge in [-0.1, -0.05) is 18.2 Å². The van der Waals surface area contributed by atoms with Crippen LogP contribution in [0, 0.1) is 19.8 Å². The maximum atomic E-state index is 14.0. The summed E-state index contributed by atoms with van der Waals surface area (Å²) in [7, 11) is 0. The molecule has 0 unspecified atom stereocenters. The zero-order chi connectivity index (χ0) is 24.8. The second kappa shape index (κ2) is 10.9. The summed E-state index contributed by atoms with van der Waals surface area (Å²) in [6.45, 7) is 3.91. The Morgan fingerprint density at radius 1 is 0.857 bits per heavy atom. The summed E-state index contributed by atoms with van der Waals surface area (Å²) in [6, 6.07) is 18.2. The predicted octanol–water partition coefficient (Wildman–Crippen LogP) is 6.16. The highest BCUT2D eigenvalue weighted by Crippen LogP contribution is 2.24. The fourth-order valence-corrected chi connectivity index (χ4v) is 3.53. The smallest absolute Gasteiger partial charge is 0.231 e. The van der Waals surface area contributed by atoms with Crippen LogP contribution in [0.15, 0.2) is 96.4 Å². The zero-order valence-electron chi connectivity index (χ0n) is 19.1. The fourth-order valence-electron chi connectivity index (χ4n) is 3.27. The molecule has 5 aromatic rings. The number of pyridine rings is 3. The van der Waals surface area contributed by atoms with Crippen molar-refractivity contribution in [3.63, 3.8) is 0 Å². The predicted molar refractivity (Wildman–Crippen MR) is 136 cm³/mol. The summed E-state index contributed by atoms with van der Waals surface area (Å²) in [5.41, 5.74) is 4.66. The monoisotopic (exact) mass is 529 g/mol. The molecule has 5 rings (SSSR count). The Bertz CT molecular complexity index is 1460. The van der Waals surface area contributed by atoms with Crippen molar-refractivity contribution in [1.29, 1.82) is 0 Å². The Hall–Kier alpha value is -4.04. The number of carbonyl (C=O) groups excluding carboxylic acids is 1. The van der Waals surface area contributed by atoms with Crippen molar-refractivity contribution in [2.45, 2.75) is 13.8 Å². The lowest BCUT2D eigenvalue weighted by molar-refractivity contribution is 0.103. The molecule has 0 atom stereocenters. The van der Waals surface area contributed by atoms with Crippen LogP contribution in [-0.2, 0) is 0 Å². The van der Waals surface area contributed by atoms with Gasteiger partial charge >= 0.3 is 0 Å². The highest BCUT2D eigenvalue weighted by atomic mass is 79.9. The first-order valence-corrected chi connectivity index (χ1v) is 11.5. The van der Waals surface area contributed by atoms with Crippen molar-refractivity contribution >= 4 is 21.7 Å². The van der Waals surface area contributed by atoms with Gasteiger partial charge in [-0.15, -0.1) is 0 Å². The van der Waals surface area contributed by atoms with Gasteiger partial charge in [-0.3, -0.25) is 9.78 Å². The SMILES string of the molecule is Cc1cccnc1Br.Cc1ccnc(C(=O)c2cn(-c3cccc(-c4cccnc4F)c3)cn2)c1. The molecule has 0 aliphatic carbocycles. The first-order valence-electron chi connectivity index (χ1n) is 10.7. The molecule has 0 radical (unpaired) electrons. The maximum absolute atomic E-state index is 14.0. The van der Waals surface area contributed by atoms with Crippen LogP contribution < -0.4 is 0 Å². The highest BCUT2D eigenvalue weighted by Gasteiger charge is 2.15. The topological polar surface area (TPSA) is 73.6 Å². The molecule has 8 heteroatoms. The molecule has 0 aliphatic heterocycles. The van der Waals surface area contributed by atoms with E-state index in [4.69, 9.17) is 0 Å². The van der Waals surface area contributed by atoms with Crippen LogP contribution in [0.25, 0.3) is 16.8 Å². The molecule has 6 nitrogen and oxygen atoms in total. The first kappa shape index (κ1) is 24.1. The van der Waals surface area contributed by atoms with Gasteiger partial charge in [-0.25, -0.2) is 15.0 Å². The largest absolute Gasteiger partial charge is 0.306 e. The van der Waals surface area contributed by atoms with E-state index in [2.05, 4.69) is 35.9 Å². The molecular weight excluding hydrogens is 509 g/mol. The standard InChI is InChI=1S/C21H15FN4O.C6H6BrN/c1-14-7-9-23-18(10-14)20(27)19-12-26(13-25-19)16-5-2-4-15(11-16)17-6-3-8-24-21(17)22;1-5-3-2-4-8-6(5)7/h2-13H,1H3;2-4H,1H3. The minimum Gasteiger partial charge on any atom is -0.306 e. The van der Waals surface area contributed by atoms with Crippen LogP contribution >= 0.6 is 15.9 Å². The van der Waals surface area contributed by atoms with Gasteiger partial charge in [0, 0.05) is 36.0 Å². The van der Waals surface area contributed by atoms with Crippen LogP contribution in [-0.4, -0.2) is 30.3 Å². The highest BCUT2D eigenvalue weighted by molar-refractivity contribution is 9.10. The second-order valence-corrected chi connectivity index (χ2v) is 8.47. The fraction of sp³-hybridized carbons (Fsp3) is 0.0741. The molecule has 0 aliphatic rings. The number of ketones is 1. The van der Waals surface area contributed by atoms with Gasteiger partial charge in [0.05, 0.1) is 0 Å². The summed E-state index contributed by atoms with van der Waals surface area (Å²) >= 11 is 3.28. The molecule has 4 aromatic heterocycles. The van der Waals surface area contributed by atoms with E-state index in [1.54, 1.807) is 47.7 Å². The van der Waals surface area contributed by atoms with Crippen molar-refractivity contribution in [2.75, 3.05) is 0 Å². The van der Waals surface area contributed by atoms with Crippen molar-refractivity contribution in [3.05, 3.63) is 125 Å². The van der Waals surface area contributed by atoms with Crippen LogP contribution in [0.4, 0.5) is 4.39 Å². The molecule has 0 saturated carbocycles. The number of hydrogen-bond acceptors (Lipinski definition) is 5. The summed E-state index contributed by atoms with van der Waals surface area (Å²) in [6.07, 6.45) is 7.98. The Morgan fingerprint density at radius 2 is 1.66 bits per heavy atom. The van der Waals surface area contributed by atoms with E-state index in [1.165, 1.54) is 11.8 Å². The minimum atomic E-state index is -0.526. The molecule has 0 N–H and O–H groups in total. The number of aryl methyl sites for hydroxylation is 2. The summed E-state index contributed by atoms with van der Waals surface area (Å²) in [4.78, 5) is 28.6. The molecule has 4 heterocycles. The molecule has 0 fully saturated rings. The van der Waals surface area contributed by atoms with Crippen LogP contribution in [0.2, 0.25) is 0 Å². The Balaban J connectivity index is 0.000000308. The average molecular weight is 530 g/mol. The lowest BCUT2D eigenvalue weighted by atomic mass is 10.1. The molecule has 0 bridgehead atoms. The van der Waals surface area contributed by atoms with Crippen molar-refractivity contribution in [2.24, 2.45) is 0 Å². The normalized spacial score (nSPS) is 10.4. The van der Waals surface area contributed by atoms with E-state index in [-0.39, 0.29) is 5.78 Å². The molecule has 35 heavy (non-hydrogen) atoms. The van der Waals surface area contributed by atoms with Crippen LogP contribution in [0.1, 0.15) is 27.3 Å². The summed E-state index contributed by atoms with van der Waals surface area (Å²) in [5, 5.41) is 0. The van der Waals surface area contributed by atoms with Gasteiger partial charge in [0.2, 0.25) is 11.7 Å². The third-order valence-corrected chi connectivity index (χ3v) is 5.95. The van der Waals surface area contributed by atoms with Gasteiger partial charge in [0.25, 0.3) is 0 Å². The minimum absolute atomic E-state index is 0.244. The summed E-state index contributed by atoms with van der Waals surface area (Å²) < 4.78 is 16.6. The van der Waals surface area contributed by atoms with Crippen molar-refractivity contribution in [3.8, 4) is 16.8 Å². The van der Waals surface area contributed by atoms with Gasteiger partial charge in [-0.05, 0) is 88.9 Å². The van der Waals surface area contributed by atoms with E-state index in [0.717, 1.165) is 15.9 Å². The first-order chi connectivity index (χ1) is 16.9. The molecule has 1 aromatic carbocycles. The lowest BCUT2D eigenvalue weighted by Crippen LogP contribution is -2.04. The number of imidazole rings is 1. The van der Waals surface area contributed by atoms with Crippen molar-refractivity contribution < 1.29 is 9.18 Å². The Kier molecular flexibility index (Phi) is 7.52. The van der Waals surface area contributed by atoms with Crippen LogP contribution in [0.3, 0.4) is 0 Å². The third-order valence-electron chi connectivity index (χ3n) is 5.12. The quantitative estimate of drug-likeness (QED) is 0.206. The van der Waals surface area contributed by atoms with Crippen LogP contribution in [0.5, 0.6) is 0 Å². The van der Waals surface area contributed by atoms with E-state index in [0.29, 0.717) is 22.5 Å². The Morgan fingerprint density at radius 3 is 2.37 bits per heavy atom. The van der Waals surface area contributed by atoms with E-state index in [1.807, 2.05) is 56.3 Å². The summed E-state index contributed by atoms with van der Waals surface area (Å²) in [5.74, 6) is -0.770. The van der Waals surface area contributed by atoms with Gasteiger partial charge < -0.3 is 4.57 Å². The second-order valence-electron chi connectivity index (χ2n) is 7.72. The number of carbonyl (C=O) groups is 1. The average Bonchev–Trinajstić information content (AvgIpc) is 3.37. The number of rotatable bonds is 4. The molecule has 174 valence electrons. The third kappa shape index (κ3) is 5.91. The number of nitrogens with zero attached hydrogens (tertiary/aromatic N) is 5. The lowest BCUT2D eigenvalue weighted by Gasteiger charge is -2.06. The van der Waals surface area contributed by atoms with E-state index >= 15 is 0 Å². The van der Waals surface area contributed by atoms with Gasteiger partial charge in [0.1, 0.15) is 22.3 Å². The van der Waals surface area contributed by atoms with Crippen molar-refractivity contribution in [1.82, 2.24) is 24.5 Å². The molecule has 0 saturated heterocycles. The number of halogens is 2. The van der Waals surface area contributed by atoms with Gasteiger partial charge in [0.15, 0.2) is 0 Å². The van der Waals surface area contributed by atoms with E-state index in [9.17, 15) is 9.18 Å². The zero-order valence-corrected chi connectivity index (χ0v) is 20.6. The molecule has 0 spiro atoms. The number of benzene rings is 1. The number of aromatic nitrogens is 5. The van der Waals surface area contributed by atoms with Gasteiger partial charge in [-0.2, -0.15) is 4.39 Å².